The third kappa shape index (κ3) is 5.95. The van der Waals surface area contributed by atoms with Crippen LogP contribution in [-0.4, -0.2) is 67.1 Å². The summed E-state index contributed by atoms with van der Waals surface area (Å²) in [5.74, 6) is 1.43. The van der Waals surface area contributed by atoms with Crippen LogP contribution in [0.5, 0.6) is 0 Å². The molecule has 7 rings (SSSR count). The number of carbonyl (C=O) groups is 1. The molecular weight excluding hydrogens is 612 g/mol. The molecule has 5 heterocycles. The van der Waals surface area contributed by atoms with Crippen molar-refractivity contribution in [2.75, 3.05) is 19.0 Å². The average molecular weight is 650 g/mol. The van der Waals surface area contributed by atoms with Gasteiger partial charge in [0.25, 0.3) is 5.84 Å². The van der Waals surface area contributed by atoms with E-state index < -0.39 is 5.54 Å². The lowest BCUT2D eigenvalue weighted by Gasteiger charge is -2.32. The highest BCUT2D eigenvalue weighted by Crippen LogP contribution is 2.38. The van der Waals surface area contributed by atoms with E-state index in [-0.39, 0.29) is 17.6 Å². The average Bonchev–Trinajstić information content (AvgIpc) is 3.85. The fourth-order valence-electron chi connectivity index (χ4n) is 6.95. The molecular formula is C36H38BClFN7O+. The largest absolute Gasteiger partial charge is 0.553 e. The molecule has 3 aliphatic heterocycles. The highest BCUT2D eigenvalue weighted by molar-refractivity contribution is 6.40. The van der Waals surface area contributed by atoms with E-state index in [2.05, 4.69) is 93.4 Å². The molecule has 2 aromatic carbocycles. The highest BCUT2D eigenvalue weighted by atomic mass is 35.5. The molecule has 1 fully saturated rings. The second kappa shape index (κ2) is 13.0. The molecule has 4 aromatic rings. The Morgan fingerprint density at radius 3 is 2.62 bits per heavy atom. The van der Waals surface area contributed by atoms with Crippen LogP contribution in [0.15, 0.2) is 84.7 Å². The summed E-state index contributed by atoms with van der Waals surface area (Å²) in [7, 11) is 2.13. The Labute approximate surface area is 280 Å². The molecule has 1 saturated heterocycles. The Morgan fingerprint density at radius 1 is 1.06 bits per heavy atom. The van der Waals surface area contributed by atoms with E-state index in [1.54, 1.807) is 10.7 Å². The predicted octanol–water partition coefficient (Wildman–Crippen LogP) is 6.26. The molecule has 1 amide bonds. The number of alkyl halides is 1. The van der Waals surface area contributed by atoms with Crippen molar-refractivity contribution in [2.45, 2.75) is 57.9 Å². The molecule has 0 aliphatic carbocycles. The molecule has 2 aromatic heterocycles. The Morgan fingerprint density at radius 2 is 1.87 bits per heavy atom. The maximum atomic E-state index is 14.0. The predicted molar refractivity (Wildman–Crippen MR) is 184 cm³/mol. The lowest BCUT2D eigenvalue weighted by Crippen LogP contribution is -2.44. The molecule has 1 radical (unpaired) electrons. The number of piperidine rings is 1. The van der Waals surface area contributed by atoms with Crippen LogP contribution in [0.1, 0.15) is 69.2 Å². The molecule has 1 atom stereocenters. The smallest absolute Gasteiger partial charge is 0.346 e. The zero-order valence-electron chi connectivity index (χ0n) is 26.8. The fraction of sp³-hybridized carbons (Fsp3) is 0.333. The molecule has 8 nitrogen and oxygen atoms in total. The van der Waals surface area contributed by atoms with E-state index in [0.29, 0.717) is 11.3 Å². The van der Waals surface area contributed by atoms with Crippen molar-refractivity contribution in [3.8, 4) is 17.1 Å². The van der Waals surface area contributed by atoms with Crippen molar-refractivity contribution < 1.29 is 13.8 Å². The summed E-state index contributed by atoms with van der Waals surface area (Å²) in [4.78, 5) is 14.7. The van der Waals surface area contributed by atoms with Crippen LogP contribution in [0.3, 0.4) is 0 Å². The lowest BCUT2D eigenvalue weighted by atomic mass is 9.85. The lowest BCUT2D eigenvalue weighted by molar-refractivity contribution is -0.539. The van der Waals surface area contributed by atoms with Crippen LogP contribution >= 0.6 is 11.6 Å². The topological polar surface area (TPSA) is 71.0 Å². The van der Waals surface area contributed by atoms with E-state index in [4.69, 9.17) is 11.6 Å². The number of nitrogens with zero attached hydrogens (tertiary/aromatic N) is 6. The number of fused-ring (bicyclic) bond motifs is 2. The summed E-state index contributed by atoms with van der Waals surface area (Å²) in [6.07, 6.45) is 12.7. The van der Waals surface area contributed by atoms with E-state index in [1.807, 2.05) is 18.3 Å². The number of aromatic nitrogens is 4. The first kappa shape index (κ1) is 31.2. The van der Waals surface area contributed by atoms with E-state index in [1.165, 1.54) is 31.4 Å². The van der Waals surface area contributed by atoms with Gasteiger partial charge in [0.05, 0.1) is 24.8 Å². The number of nitrogens with one attached hydrogen (secondary N) is 1. The quantitative estimate of drug-likeness (QED) is 0.132. The third-order valence-corrected chi connectivity index (χ3v) is 9.69. The molecule has 1 unspecified atom stereocenters. The van der Waals surface area contributed by atoms with E-state index in [9.17, 15) is 9.18 Å². The number of halogens is 2. The summed E-state index contributed by atoms with van der Waals surface area (Å²) < 4.78 is 20.3. The monoisotopic (exact) mass is 649 g/mol. The number of carbonyl (C=O) groups excluding carboxylic acids is 1. The van der Waals surface area contributed by atoms with Gasteiger partial charge in [0.15, 0.2) is 0 Å². The first-order valence-corrected chi connectivity index (χ1v) is 17.0. The van der Waals surface area contributed by atoms with Crippen LogP contribution in [-0.2, 0) is 10.3 Å². The van der Waals surface area contributed by atoms with Crippen LogP contribution in [0.2, 0.25) is 0 Å². The third-order valence-electron chi connectivity index (χ3n) is 9.44. The van der Waals surface area contributed by atoms with Crippen molar-refractivity contribution in [1.29, 1.82) is 0 Å². The van der Waals surface area contributed by atoms with Crippen molar-refractivity contribution in [1.82, 2.24) is 29.6 Å². The maximum Gasteiger partial charge on any atom is 0.553 e. The fourth-order valence-corrected chi connectivity index (χ4v) is 7.01. The second-order valence-electron chi connectivity index (χ2n) is 12.7. The van der Waals surface area contributed by atoms with Gasteiger partial charge in [-0.2, -0.15) is 0 Å². The summed E-state index contributed by atoms with van der Waals surface area (Å²) in [5, 5.41) is 12.0. The van der Waals surface area contributed by atoms with E-state index in [0.717, 1.165) is 72.1 Å². The molecule has 0 spiro atoms. The Balaban J connectivity index is 1.31. The van der Waals surface area contributed by atoms with Crippen LogP contribution < -0.4 is 5.32 Å². The van der Waals surface area contributed by atoms with Gasteiger partial charge in [-0.1, -0.05) is 61.4 Å². The summed E-state index contributed by atoms with van der Waals surface area (Å²) in [5.41, 5.74) is 6.09. The molecule has 47 heavy (non-hydrogen) atoms. The molecule has 0 saturated carbocycles. The second-order valence-corrected chi connectivity index (χ2v) is 13.0. The van der Waals surface area contributed by atoms with Gasteiger partial charge in [0, 0.05) is 22.9 Å². The van der Waals surface area contributed by atoms with Gasteiger partial charge in [0.2, 0.25) is 5.91 Å². The zero-order chi connectivity index (χ0) is 32.5. The molecule has 11 heteroatoms. The van der Waals surface area contributed by atoms with Crippen LogP contribution in [0, 0.1) is 5.82 Å². The van der Waals surface area contributed by atoms with Gasteiger partial charge in [-0.25, -0.2) is 9.07 Å². The number of hydrogen-bond donors (Lipinski definition) is 1. The van der Waals surface area contributed by atoms with Gasteiger partial charge in [-0.3, -0.25) is 14.2 Å². The van der Waals surface area contributed by atoms with Gasteiger partial charge in [-0.05, 0) is 74.1 Å². The van der Waals surface area contributed by atoms with Gasteiger partial charge < -0.3 is 9.79 Å². The number of amidine groups is 1. The summed E-state index contributed by atoms with van der Waals surface area (Å²) in [6, 6.07) is 19.1. The SMILES string of the molecule is CCCCC(C)(NC(=O)CCl)c1ccc(C2=C3C=CC(=[N+]4CCCCC4)N3[B]n3c2ccc3-n2cc(-c3cccc(F)c3)nn2)cc1. The zero-order valence-corrected chi connectivity index (χ0v) is 27.6. The van der Waals surface area contributed by atoms with E-state index >= 15 is 0 Å². The minimum absolute atomic E-state index is 0.0701. The summed E-state index contributed by atoms with van der Waals surface area (Å²) in [6.45, 7) is 6.28. The summed E-state index contributed by atoms with van der Waals surface area (Å²) >= 11 is 5.89. The normalized spacial score (nSPS) is 17.0. The Hall–Kier alpha value is -4.44. The van der Waals surface area contributed by atoms with Crippen molar-refractivity contribution in [3.63, 3.8) is 0 Å². The number of rotatable bonds is 9. The maximum absolute atomic E-state index is 14.0. The van der Waals surface area contributed by atoms with Crippen molar-refractivity contribution >= 4 is 36.5 Å². The van der Waals surface area contributed by atoms with Crippen LogP contribution in [0.4, 0.5) is 4.39 Å². The number of allylic oxidation sites excluding steroid dienone is 1. The first-order valence-electron chi connectivity index (χ1n) is 16.4. The Kier molecular flexibility index (Phi) is 8.62. The standard InChI is InChI=1S/C36H37BClFN7O/c1-3-4-19-36(2,40-32(47)23-38)27-13-11-25(12-14-27)35-30-15-17-33(43-20-6-5-7-21-43)45(30)37-46-31(35)16-18-34(46)44-24-29(41-42-44)26-9-8-10-28(39)22-26/h8-18,22,24H,3-7,19-21,23H2,1-2H3/p+1. The minimum Gasteiger partial charge on any atom is -0.346 e. The minimum atomic E-state index is -0.521. The highest BCUT2D eigenvalue weighted by Gasteiger charge is 2.41. The van der Waals surface area contributed by atoms with Crippen molar-refractivity contribution in [3.05, 3.63) is 107 Å². The number of benzene rings is 2. The molecule has 0 bridgehead atoms. The van der Waals surface area contributed by atoms with Gasteiger partial charge >= 0.3 is 7.55 Å². The number of amides is 1. The Bertz CT molecular complexity index is 1900. The molecule has 3 aliphatic rings. The first-order chi connectivity index (χ1) is 22.9. The van der Waals surface area contributed by atoms with Gasteiger partial charge in [0.1, 0.15) is 28.9 Å². The number of hydrogen-bond acceptors (Lipinski definition) is 3. The molecule has 1 N–H and O–H groups in total. The number of unbranched alkanes of at least 4 members (excludes halogenated alkanes) is 1. The molecule has 239 valence electrons. The van der Waals surface area contributed by atoms with Gasteiger partial charge in [-0.15, -0.1) is 16.7 Å². The van der Waals surface area contributed by atoms with Crippen LogP contribution in [0.25, 0.3) is 22.6 Å². The van der Waals surface area contributed by atoms with Crippen molar-refractivity contribution in [2.24, 2.45) is 0 Å².